The number of aliphatic imine (C=N–C) groups is 1. The number of nitrogens with one attached hydrogen (secondary N) is 2. The summed E-state index contributed by atoms with van der Waals surface area (Å²) >= 11 is 1.71. The standard InChI is InChI=1S/C17H31N5S/c1-3-18-17(20-10-8-16-14-23-15(2)21-16)19-9-4-5-11-22-12-6-7-13-22/h14H,3-13H2,1-2H3,(H2,18,19,20). The highest BCUT2D eigenvalue weighted by atomic mass is 32.1. The van der Waals surface area contributed by atoms with Gasteiger partial charge in [0.1, 0.15) is 0 Å². The quantitative estimate of drug-likeness (QED) is 0.413. The topological polar surface area (TPSA) is 52.6 Å². The monoisotopic (exact) mass is 337 g/mol. The van der Waals surface area contributed by atoms with E-state index < -0.39 is 0 Å². The number of aromatic nitrogens is 1. The molecule has 0 bridgehead atoms. The van der Waals surface area contributed by atoms with Crippen LogP contribution in [0.3, 0.4) is 0 Å². The normalized spacial score (nSPS) is 16.0. The third kappa shape index (κ3) is 7.31. The molecule has 1 aliphatic rings. The molecule has 23 heavy (non-hydrogen) atoms. The molecule has 2 N–H and O–H groups in total. The maximum absolute atomic E-state index is 4.67. The summed E-state index contributed by atoms with van der Waals surface area (Å²) in [6.07, 6.45) is 6.12. The van der Waals surface area contributed by atoms with Gasteiger partial charge in [-0.3, -0.25) is 4.99 Å². The van der Waals surface area contributed by atoms with Crippen LogP contribution in [-0.2, 0) is 6.42 Å². The number of hydrogen-bond donors (Lipinski definition) is 2. The van der Waals surface area contributed by atoms with Crippen LogP contribution in [0, 0.1) is 6.92 Å². The van der Waals surface area contributed by atoms with Crippen LogP contribution in [-0.4, -0.2) is 55.1 Å². The molecular weight excluding hydrogens is 306 g/mol. The second-order valence-corrected chi connectivity index (χ2v) is 7.11. The number of guanidine groups is 1. The van der Waals surface area contributed by atoms with Crippen LogP contribution in [0.4, 0.5) is 0 Å². The molecule has 2 rings (SSSR count). The average Bonchev–Trinajstić information content (AvgIpc) is 3.19. The largest absolute Gasteiger partial charge is 0.357 e. The first kappa shape index (κ1) is 18.2. The first-order chi connectivity index (χ1) is 11.3. The van der Waals surface area contributed by atoms with Gasteiger partial charge in [0.05, 0.1) is 10.7 Å². The van der Waals surface area contributed by atoms with Crippen molar-refractivity contribution >= 4 is 17.3 Å². The van der Waals surface area contributed by atoms with E-state index in [1.54, 1.807) is 11.3 Å². The molecule has 130 valence electrons. The highest BCUT2D eigenvalue weighted by molar-refractivity contribution is 7.09. The Morgan fingerprint density at radius 1 is 1.30 bits per heavy atom. The molecule has 0 amide bonds. The van der Waals surface area contributed by atoms with Gasteiger partial charge in [0.25, 0.3) is 0 Å². The van der Waals surface area contributed by atoms with Gasteiger partial charge in [-0.25, -0.2) is 4.98 Å². The van der Waals surface area contributed by atoms with E-state index in [0.717, 1.165) is 37.0 Å². The van der Waals surface area contributed by atoms with Crippen LogP contribution in [0.1, 0.15) is 43.3 Å². The van der Waals surface area contributed by atoms with E-state index in [0.29, 0.717) is 0 Å². The molecule has 1 saturated heterocycles. The van der Waals surface area contributed by atoms with E-state index in [-0.39, 0.29) is 0 Å². The van der Waals surface area contributed by atoms with Crippen LogP contribution >= 0.6 is 11.3 Å². The van der Waals surface area contributed by atoms with Crippen LogP contribution in [0.25, 0.3) is 0 Å². The second-order valence-electron chi connectivity index (χ2n) is 6.05. The molecule has 0 unspecified atom stereocenters. The predicted molar refractivity (Wildman–Crippen MR) is 99.4 cm³/mol. The summed E-state index contributed by atoms with van der Waals surface area (Å²) in [5, 5.41) is 10.00. The zero-order valence-corrected chi connectivity index (χ0v) is 15.4. The molecule has 1 aromatic heterocycles. The third-order valence-electron chi connectivity index (χ3n) is 4.04. The van der Waals surface area contributed by atoms with Crippen LogP contribution in [0.15, 0.2) is 10.4 Å². The van der Waals surface area contributed by atoms with Crippen molar-refractivity contribution in [2.75, 3.05) is 39.3 Å². The smallest absolute Gasteiger partial charge is 0.191 e. The second kappa shape index (κ2) is 10.6. The Kier molecular flexibility index (Phi) is 8.39. The lowest BCUT2D eigenvalue weighted by Gasteiger charge is -2.14. The molecule has 1 aromatic rings. The minimum Gasteiger partial charge on any atom is -0.357 e. The molecule has 1 fully saturated rings. The van der Waals surface area contributed by atoms with Gasteiger partial charge in [0, 0.05) is 31.4 Å². The van der Waals surface area contributed by atoms with Gasteiger partial charge < -0.3 is 15.5 Å². The molecule has 0 aliphatic carbocycles. The zero-order valence-electron chi connectivity index (χ0n) is 14.6. The molecule has 0 spiro atoms. The number of nitrogens with zero attached hydrogens (tertiary/aromatic N) is 3. The summed E-state index contributed by atoms with van der Waals surface area (Å²) < 4.78 is 0. The molecule has 5 nitrogen and oxygen atoms in total. The van der Waals surface area contributed by atoms with Crippen LogP contribution in [0.5, 0.6) is 0 Å². The first-order valence-electron chi connectivity index (χ1n) is 8.93. The van der Waals surface area contributed by atoms with E-state index in [4.69, 9.17) is 0 Å². The minimum atomic E-state index is 0.878. The summed E-state index contributed by atoms with van der Waals surface area (Å²) in [6, 6.07) is 0. The Balaban J connectivity index is 1.60. The fraction of sp³-hybridized carbons (Fsp3) is 0.765. The maximum atomic E-state index is 4.67. The van der Waals surface area contributed by atoms with Gasteiger partial charge in [-0.1, -0.05) is 0 Å². The predicted octanol–water partition coefficient (Wildman–Crippen LogP) is 2.43. The van der Waals surface area contributed by atoms with Crippen molar-refractivity contribution in [2.24, 2.45) is 4.99 Å². The zero-order chi connectivity index (χ0) is 16.3. The fourth-order valence-electron chi connectivity index (χ4n) is 2.82. The van der Waals surface area contributed by atoms with E-state index in [1.807, 2.05) is 0 Å². The number of hydrogen-bond acceptors (Lipinski definition) is 4. The Bertz CT molecular complexity index is 465. The molecule has 0 atom stereocenters. The van der Waals surface area contributed by atoms with E-state index in [1.165, 1.54) is 51.0 Å². The van der Waals surface area contributed by atoms with Crippen molar-refractivity contribution in [3.8, 4) is 0 Å². The molecule has 0 aromatic carbocycles. The van der Waals surface area contributed by atoms with Crippen LogP contribution < -0.4 is 10.6 Å². The highest BCUT2D eigenvalue weighted by Crippen LogP contribution is 2.08. The summed E-state index contributed by atoms with van der Waals surface area (Å²) in [5.41, 5.74) is 1.17. The van der Waals surface area contributed by atoms with E-state index >= 15 is 0 Å². The fourth-order valence-corrected chi connectivity index (χ4v) is 3.47. The van der Waals surface area contributed by atoms with Crippen molar-refractivity contribution in [3.05, 3.63) is 16.1 Å². The maximum Gasteiger partial charge on any atom is 0.191 e. The lowest BCUT2D eigenvalue weighted by atomic mass is 10.3. The number of thiazole rings is 1. The average molecular weight is 338 g/mol. The molecule has 0 radical (unpaired) electrons. The van der Waals surface area contributed by atoms with Gasteiger partial charge in [-0.05, 0) is 59.2 Å². The summed E-state index contributed by atoms with van der Waals surface area (Å²) in [4.78, 5) is 11.7. The number of aryl methyl sites for hydroxylation is 1. The van der Waals surface area contributed by atoms with Gasteiger partial charge >= 0.3 is 0 Å². The van der Waals surface area contributed by atoms with Crippen molar-refractivity contribution in [2.45, 2.75) is 46.0 Å². The Morgan fingerprint density at radius 2 is 2.13 bits per heavy atom. The van der Waals surface area contributed by atoms with Gasteiger partial charge in [-0.15, -0.1) is 11.3 Å². The van der Waals surface area contributed by atoms with Gasteiger partial charge in [0.2, 0.25) is 0 Å². The van der Waals surface area contributed by atoms with Gasteiger partial charge in [-0.2, -0.15) is 0 Å². The number of unbranched alkanes of at least 4 members (excludes halogenated alkanes) is 1. The van der Waals surface area contributed by atoms with Crippen molar-refractivity contribution < 1.29 is 0 Å². The molecule has 6 heteroatoms. The Morgan fingerprint density at radius 3 is 2.83 bits per heavy atom. The van der Waals surface area contributed by atoms with Crippen LogP contribution in [0.2, 0.25) is 0 Å². The molecular formula is C17H31N5S. The summed E-state index contributed by atoms with van der Waals surface area (Å²) in [7, 11) is 0. The molecule has 0 saturated carbocycles. The summed E-state index contributed by atoms with van der Waals surface area (Å²) in [5.74, 6) is 0.931. The van der Waals surface area contributed by atoms with Crippen molar-refractivity contribution in [1.82, 2.24) is 20.5 Å². The number of likely N-dealkylation sites (tertiary alicyclic amines) is 1. The van der Waals surface area contributed by atoms with Crippen molar-refractivity contribution in [1.29, 1.82) is 0 Å². The van der Waals surface area contributed by atoms with E-state index in [2.05, 4.69) is 44.7 Å². The third-order valence-corrected chi connectivity index (χ3v) is 4.86. The summed E-state index contributed by atoms with van der Waals surface area (Å²) in [6.45, 7) is 10.7. The van der Waals surface area contributed by atoms with Gasteiger partial charge in [0.15, 0.2) is 5.96 Å². The molecule has 1 aliphatic heterocycles. The lowest BCUT2D eigenvalue weighted by molar-refractivity contribution is 0.331. The number of rotatable bonds is 9. The highest BCUT2D eigenvalue weighted by Gasteiger charge is 2.09. The van der Waals surface area contributed by atoms with Crippen molar-refractivity contribution in [3.63, 3.8) is 0 Å². The molecule has 2 heterocycles. The lowest BCUT2D eigenvalue weighted by Crippen LogP contribution is -2.38. The first-order valence-corrected chi connectivity index (χ1v) is 9.81. The Labute approximate surface area is 144 Å². The Hall–Kier alpha value is -1.14. The minimum absolute atomic E-state index is 0.878. The SMILES string of the molecule is CCNC(=NCCCCN1CCCC1)NCCc1csc(C)n1. The van der Waals surface area contributed by atoms with E-state index in [9.17, 15) is 0 Å².